The number of aliphatic carboxylic acids is 1. The number of allylic oxidation sites excluding steroid dienone is 1. The number of anilines is 1. The van der Waals surface area contributed by atoms with Crippen LogP contribution in [0.15, 0.2) is 52.6 Å². The number of halogens is 1. The third kappa shape index (κ3) is 6.09. The molecule has 2 saturated heterocycles. The predicted octanol–water partition coefficient (Wildman–Crippen LogP) is 1.22. The van der Waals surface area contributed by atoms with E-state index >= 15 is 0 Å². The van der Waals surface area contributed by atoms with Gasteiger partial charge < -0.3 is 25.9 Å². The van der Waals surface area contributed by atoms with Crippen molar-refractivity contribution < 1.29 is 28.7 Å². The number of benzene rings is 1. The van der Waals surface area contributed by atoms with Crippen LogP contribution >= 0.6 is 34.9 Å². The van der Waals surface area contributed by atoms with Gasteiger partial charge in [-0.3, -0.25) is 14.4 Å². The van der Waals surface area contributed by atoms with Crippen LogP contribution in [0.1, 0.15) is 11.3 Å². The number of thiazole rings is 1. The average Bonchev–Trinajstić information content (AvgIpc) is 3.62. The third-order valence-corrected chi connectivity index (χ3v) is 9.95. The Bertz CT molecular complexity index is 1530. The Kier molecular flexibility index (Phi) is 8.74. The van der Waals surface area contributed by atoms with Gasteiger partial charge in [-0.25, -0.2) is 14.1 Å². The van der Waals surface area contributed by atoms with E-state index in [1.54, 1.807) is 6.08 Å². The number of hydrogen-bond acceptors (Lipinski definition) is 13. The van der Waals surface area contributed by atoms with Gasteiger partial charge in [0.15, 0.2) is 10.8 Å². The summed E-state index contributed by atoms with van der Waals surface area (Å²) in [4.78, 5) is 49.7. The summed E-state index contributed by atoms with van der Waals surface area (Å²) in [5.74, 6) is -2.24. The van der Waals surface area contributed by atoms with E-state index < -0.39 is 40.4 Å². The van der Waals surface area contributed by atoms with E-state index in [0.29, 0.717) is 17.3 Å². The lowest BCUT2D eigenvalue weighted by Crippen LogP contribution is -2.74. The number of fused-ring (bicyclic) bond motifs is 1. The molecule has 0 saturated carbocycles. The topological polar surface area (TPSA) is 191 Å². The first-order chi connectivity index (χ1) is 20.2. The number of nitrogen functional groups attached to an aromatic ring is 1. The smallest absolute Gasteiger partial charge is 0.313 e. The number of rotatable bonds is 12. The fourth-order valence-corrected chi connectivity index (χ4v) is 7.50. The van der Waals surface area contributed by atoms with Crippen molar-refractivity contribution in [2.45, 2.75) is 29.7 Å². The number of carbonyl (C=O) groups is 3. The van der Waals surface area contributed by atoms with E-state index in [0.717, 1.165) is 11.3 Å². The fraction of sp³-hybridized carbons (Fsp3) is 0.333. The van der Waals surface area contributed by atoms with Crippen molar-refractivity contribution in [1.82, 2.24) is 35.4 Å². The molecule has 0 radical (unpaired) electrons. The van der Waals surface area contributed by atoms with Gasteiger partial charge in [-0.05, 0) is 28.1 Å². The minimum Gasteiger partial charge on any atom is -0.481 e. The number of oxime groups is 1. The minimum absolute atomic E-state index is 0.0361. The molecule has 42 heavy (non-hydrogen) atoms. The van der Waals surface area contributed by atoms with E-state index in [-0.39, 0.29) is 41.2 Å². The van der Waals surface area contributed by atoms with Crippen LogP contribution in [0.25, 0.3) is 0 Å². The summed E-state index contributed by atoms with van der Waals surface area (Å²) in [6.45, 7) is 3.95. The lowest BCUT2D eigenvalue weighted by molar-refractivity contribution is -0.157. The number of nitrogens with two attached hydrogens (primary N) is 1. The first kappa shape index (κ1) is 29.5. The van der Waals surface area contributed by atoms with Gasteiger partial charge in [-0.15, -0.1) is 34.8 Å². The number of amides is 2. The van der Waals surface area contributed by atoms with Gasteiger partial charge in [0.05, 0.1) is 6.54 Å². The number of β-lactam (4-membered cyclic amide) rings is 1. The van der Waals surface area contributed by atoms with E-state index in [9.17, 15) is 23.9 Å². The molecule has 2 amide bonds. The molecule has 2 aliphatic rings. The number of carbonyl (C=O) groups excluding carboxylic acids is 2. The van der Waals surface area contributed by atoms with Crippen LogP contribution in [0.3, 0.4) is 0 Å². The van der Waals surface area contributed by atoms with E-state index in [4.69, 9.17) is 10.6 Å². The Morgan fingerprint density at radius 1 is 1.38 bits per heavy atom. The van der Waals surface area contributed by atoms with Crippen molar-refractivity contribution in [3.63, 3.8) is 0 Å². The van der Waals surface area contributed by atoms with Gasteiger partial charge in [0.2, 0.25) is 11.1 Å². The zero-order valence-electron chi connectivity index (χ0n) is 21.8. The largest absolute Gasteiger partial charge is 0.481 e. The molecule has 14 nitrogen and oxygen atoms in total. The molecule has 0 aliphatic carbocycles. The number of hydrogen-bond donors (Lipinski definition) is 3. The average molecular weight is 634 g/mol. The van der Waals surface area contributed by atoms with Gasteiger partial charge in [0.1, 0.15) is 34.9 Å². The van der Waals surface area contributed by atoms with Crippen LogP contribution in [0.4, 0.5) is 9.52 Å². The number of carboxylic acids is 1. The maximum absolute atomic E-state index is 13.3. The highest BCUT2D eigenvalue weighted by Gasteiger charge is 2.57. The molecule has 3 atom stereocenters. The quantitative estimate of drug-likeness (QED) is 0.0851. The van der Waals surface area contributed by atoms with Crippen LogP contribution in [-0.2, 0) is 32.4 Å². The van der Waals surface area contributed by atoms with E-state index in [2.05, 4.69) is 37.6 Å². The Labute approximate surface area is 250 Å². The van der Waals surface area contributed by atoms with E-state index in [1.165, 1.54) is 62.8 Å². The highest BCUT2D eigenvalue weighted by Crippen LogP contribution is 2.44. The second-order valence-corrected chi connectivity index (χ2v) is 12.3. The Balaban J connectivity index is 1.24. The molecule has 0 spiro atoms. The Morgan fingerprint density at radius 2 is 2.17 bits per heavy atom. The summed E-state index contributed by atoms with van der Waals surface area (Å²) >= 11 is 3.56. The maximum atomic E-state index is 13.3. The lowest BCUT2D eigenvalue weighted by Gasteiger charge is -2.53. The van der Waals surface area contributed by atoms with Crippen LogP contribution in [0, 0.1) is 11.2 Å². The highest BCUT2D eigenvalue weighted by atomic mass is 32.2. The maximum Gasteiger partial charge on any atom is 0.313 e. The summed E-state index contributed by atoms with van der Waals surface area (Å²) in [7, 11) is 0. The summed E-state index contributed by atoms with van der Waals surface area (Å²) in [5, 5.41) is 29.9. The second-order valence-electron chi connectivity index (χ2n) is 9.34. The molecule has 1 aromatic carbocycles. The van der Waals surface area contributed by atoms with Crippen molar-refractivity contribution in [1.29, 1.82) is 0 Å². The number of carboxylic acid groups (broad SMARTS) is 1. The van der Waals surface area contributed by atoms with Gasteiger partial charge in [-0.2, -0.15) is 0 Å². The van der Waals surface area contributed by atoms with Crippen molar-refractivity contribution in [3.05, 3.63) is 59.4 Å². The number of aromatic nitrogens is 5. The van der Waals surface area contributed by atoms with Crippen molar-refractivity contribution >= 4 is 63.5 Å². The van der Waals surface area contributed by atoms with E-state index in [1.807, 2.05) is 0 Å². The van der Waals surface area contributed by atoms with Crippen LogP contribution in [-0.4, -0.2) is 88.2 Å². The summed E-state index contributed by atoms with van der Waals surface area (Å²) in [6, 6.07) is 4.69. The zero-order chi connectivity index (χ0) is 29.9. The monoisotopic (exact) mass is 633 g/mol. The second kappa shape index (κ2) is 12.5. The highest BCUT2D eigenvalue weighted by molar-refractivity contribution is 8.00. The molecule has 4 heterocycles. The van der Waals surface area contributed by atoms with Crippen LogP contribution in [0.2, 0.25) is 0 Å². The molecule has 5 rings (SSSR count). The van der Waals surface area contributed by atoms with Crippen molar-refractivity contribution in [2.24, 2.45) is 10.6 Å². The molecule has 3 aromatic rings. The van der Waals surface area contributed by atoms with Gasteiger partial charge in [-0.1, -0.05) is 35.1 Å². The summed E-state index contributed by atoms with van der Waals surface area (Å²) in [5.41, 5.74) is 5.09. The van der Waals surface area contributed by atoms with Crippen LogP contribution < -0.4 is 11.1 Å². The molecule has 2 fully saturated rings. The fourth-order valence-electron chi connectivity index (χ4n) is 4.21. The number of nitrogens with zero attached hydrogens (tertiary/aromatic N) is 7. The molecule has 220 valence electrons. The third-order valence-electron chi connectivity index (χ3n) is 6.44. The minimum atomic E-state index is -1.25. The first-order valence-electron chi connectivity index (χ1n) is 12.3. The first-order valence-corrected chi connectivity index (χ1v) is 15.2. The molecule has 2 aliphatic heterocycles. The summed E-state index contributed by atoms with van der Waals surface area (Å²) < 4.78 is 14.7. The normalized spacial score (nSPS) is 21.8. The number of thioether (sulfide) groups is 2. The van der Waals surface area contributed by atoms with Crippen molar-refractivity contribution in [2.75, 3.05) is 23.8 Å². The Morgan fingerprint density at radius 3 is 2.86 bits per heavy atom. The van der Waals surface area contributed by atoms with Gasteiger partial charge in [0, 0.05) is 23.4 Å². The zero-order valence-corrected chi connectivity index (χ0v) is 24.2. The van der Waals surface area contributed by atoms with Gasteiger partial charge >= 0.3 is 5.97 Å². The SMILES string of the molecule is C=CCn1nnnc1SCC1(C(=O)O)CS[C@@H]2C(NC(=O)C(=NOCc3ccc(F)cc3)c3csc(N)n3)C(=O)N2C1. The molecule has 2 unspecified atom stereocenters. The molecule has 4 N–H and O–H groups in total. The standard InChI is InChI=1S/C24H24FN9O5S3/c1-2-7-34-23(29-31-32-34)42-12-24(21(37)38)10-33-19(36)17(20(33)41-11-24)28-18(35)16(15-9-40-22(26)27-15)30-39-8-13-3-5-14(25)6-4-13/h2-6,9,17,20H,1,7-8,10-12H2,(H2,26,27)(H,28,35)(H,37,38)/t17?,20-,24?/m1/s1. The molecule has 2 aromatic heterocycles. The molecule has 18 heteroatoms. The predicted molar refractivity (Wildman–Crippen MR) is 153 cm³/mol. The summed E-state index contributed by atoms with van der Waals surface area (Å²) in [6.07, 6.45) is 1.62. The van der Waals surface area contributed by atoms with Crippen LogP contribution in [0.5, 0.6) is 0 Å². The Hall–Kier alpha value is -4.03. The number of tetrazole rings is 1. The molecular weight excluding hydrogens is 610 g/mol. The number of nitrogens with one attached hydrogen (secondary N) is 1. The lowest BCUT2D eigenvalue weighted by atomic mass is 9.89. The molecule has 0 bridgehead atoms. The van der Waals surface area contributed by atoms with Crippen molar-refractivity contribution in [3.8, 4) is 0 Å². The van der Waals surface area contributed by atoms with Gasteiger partial charge in [0.25, 0.3) is 5.91 Å². The molecular formula is C24H24FN9O5S3.